The summed E-state index contributed by atoms with van der Waals surface area (Å²) >= 11 is 1.47. The molecule has 0 bridgehead atoms. The van der Waals surface area contributed by atoms with Crippen LogP contribution < -0.4 is 10.6 Å². The zero-order valence-electron chi connectivity index (χ0n) is 14.9. The summed E-state index contributed by atoms with van der Waals surface area (Å²) in [5.74, 6) is 1.16. The topological polar surface area (TPSA) is 80.0 Å². The van der Waals surface area contributed by atoms with Gasteiger partial charge in [0.15, 0.2) is 0 Å². The smallest absolute Gasteiger partial charge is 0.321 e. The van der Waals surface area contributed by atoms with Crippen LogP contribution in [0.15, 0.2) is 53.1 Å². The van der Waals surface area contributed by atoms with E-state index in [1.165, 1.54) is 30.6 Å². The fraction of sp³-hybridized carbons (Fsp3) is 0.350. The number of urea groups is 1. The number of hydrogen-bond acceptors (Lipinski definition) is 5. The highest BCUT2D eigenvalue weighted by atomic mass is 32.1. The third-order valence-electron chi connectivity index (χ3n) is 4.85. The minimum absolute atomic E-state index is 0.327. The number of benzene rings is 1. The van der Waals surface area contributed by atoms with Gasteiger partial charge in [0.05, 0.1) is 6.26 Å². The second kappa shape index (κ2) is 8.35. The molecule has 0 radical (unpaired) electrons. The molecule has 7 heteroatoms. The maximum atomic E-state index is 12.6. The van der Waals surface area contributed by atoms with Gasteiger partial charge in [0.25, 0.3) is 0 Å². The molecule has 1 atom stereocenters. The molecule has 4 rings (SSSR count). The first kappa shape index (κ1) is 17.7. The van der Waals surface area contributed by atoms with Crippen LogP contribution in [-0.4, -0.2) is 16.2 Å². The number of rotatable bonds is 5. The predicted octanol–water partition coefficient (Wildman–Crippen LogP) is 5.09. The summed E-state index contributed by atoms with van der Waals surface area (Å²) in [6, 6.07) is 12.7. The van der Waals surface area contributed by atoms with E-state index in [-0.39, 0.29) is 12.1 Å². The van der Waals surface area contributed by atoms with Gasteiger partial charge in [0.1, 0.15) is 16.8 Å². The lowest BCUT2D eigenvalue weighted by atomic mass is 9.90. The zero-order valence-corrected chi connectivity index (χ0v) is 15.7. The maximum absolute atomic E-state index is 12.6. The molecule has 2 amide bonds. The molecule has 1 aromatic carbocycles. The number of amides is 2. The largest absolute Gasteiger partial charge is 0.467 e. The van der Waals surface area contributed by atoms with Crippen LogP contribution in [0, 0.1) is 0 Å². The van der Waals surface area contributed by atoms with Crippen molar-refractivity contribution in [3.05, 3.63) is 65.1 Å². The van der Waals surface area contributed by atoms with Crippen LogP contribution in [0.1, 0.15) is 60.4 Å². The lowest BCUT2D eigenvalue weighted by Gasteiger charge is -2.18. The Morgan fingerprint density at radius 3 is 2.63 bits per heavy atom. The number of anilines is 1. The van der Waals surface area contributed by atoms with E-state index >= 15 is 0 Å². The van der Waals surface area contributed by atoms with E-state index in [0.717, 1.165) is 23.4 Å². The number of hydrogen-bond donors (Lipinski definition) is 2. The zero-order chi connectivity index (χ0) is 18.5. The number of furan rings is 1. The first-order chi connectivity index (χ1) is 13.3. The average molecular weight is 382 g/mol. The van der Waals surface area contributed by atoms with Crippen molar-refractivity contribution in [3.8, 4) is 0 Å². The molecule has 1 fully saturated rings. The summed E-state index contributed by atoms with van der Waals surface area (Å²) in [7, 11) is 0. The van der Waals surface area contributed by atoms with Crippen molar-refractivity contribution in [2.75, 3.05) is 5.32 Å². The Balaban J connectivity index is 1.43. The Morgan fingerprint density at radius 1 is 1.07 bits per heavy atom. The Morgan fingerprint density at radius 2 is 1.89 bits per heavy atom. The maximum Gasteiger partial charge on any atom is 0.321 e. The summed E-state index contributed by atoms with van der Waals surface area (Å²) in [5, 5.41) is 15.8. The summed E-state index contributed by atoms with van der Waals surface area (Å²) in [6.45, 7) is 0. The van der Waals surface area contributed by atoms with Gasteiger partial charge in [-0.05, 0) is 30.5 Å². The monoisotopic (exact) mass is 382 g/mol. The number of aromatic nitrogens is 2. The van der Waals surface area contributed by atoms with Crippen LogP contribution in [0.3, 0.4) is 0 Å². The highest BCUT2D eigenvalue weighted by molar-refractivity contribution is 7.15. The molecule has 1 aliphatic carbocycles. The van der Waals surface area contributed by atoms with Gasteiger partial charge in [-0.3, -0.25) is 5.32 Å². The molecule has 6 nitrogen and oxygen atoms in total. The van der Waals surface area contributed by atoms with Gasteiger partial charge in [-0.15, -0.1) is 10.2 Å². The van der Waals surface area contributed by atoms with E-state index in [9.17, 15) is 4.79 Å². The summed E-state index contributed by atoms with van der Waals surface area (Å²) < 4.78 is 5.52. The van der Waals surface area contributed by atoms with Gasteiger partial charge >= 0.3 is 6.03 Å². The second-order valence-electron chi connectivity index (χ2n) is 6.74. The molecule has 2 heterocycles. The van der Waals surface area contributed by atoms with E-state index in [1.54, 1.807) is 6.26 Å². The minimum Gasteiger partial charge on any atom is -0.467 e. The Kier molecular flexibility index (Phi) is 5.48. The average Bonchev–Trinajstić information content (AvgIpc) is 3.40. The third kappa shape index (κ3) is 4.36. The molecule has 140 valence electrons. The summed E-state index contributed by atoms with van der Waals surface area (Å²) in [4.78, 5) is 12.6. The molecule has 2 N–H and O–H groups in total. The molecule has 2 aromatic heterocycles. The van der Waals surface area contributed by atoms with E-state index in [2.05, 4.69) is 20.8 Å². The van der Waals surface area contributed by atoms with Crippen molar-refractivity contribution in [2.24, 2.45) is 0 Å². The number of nitrogens with zero attached hydrogens (tertiary/aromatic N) is 2. The van der Waals surface area contributed by atoms with Crippen molar-refractivity contribution in [1.29, 1.82) is 0 Å². The lowest BCUT2D eigenvalue weighted by molar-refractivity contribution is 0.248. The van der Waals surface area contributed by atoms with Crippen LogP contribution in [0.25, 0.3) is 0 Å². The highest BCUT2D eigenvalue weighted by Crippen LogP contribution is 2.35. The fourth-order valence-corrected chi connectivity index (χ4v) is 4.39. The van der Waals surface area contributed by atoms with Crippen LogP contribution in [0.4, 0.5) is 9.93 Å². The molecule has 1 unspecified atom stereocenters. The van der Waals surface area contributed by atoms with Gasteiger partial charge < -0.3 is 9.73 Å². The molecule has 1 saturated carbocycles. The van der Waals surface area contributed by atoms with Gasteiger partial charge in [0.2, 0.25) is 5.13 Å². The van der Waals surface area contributed by atoms with Crippen LogP contribution in [-0.2, 0) is 0 Å². The minimum atomic E-state index is -0.369. The van der Waals surface area contributed by atoms with Crippen LogP contribution in [0.2, 0.25) is 0 Å². The van der Waals surface area contributed by atoms with Gasteiger partial charge in [-0.25, -0.2) is 4.79 Å². The van der Waals surface area contributed by atoms with E-state index in [1.807, 2.05) is 42.5 Å². The second-order valence-corrected chi connectivity index (χ2v) is 7.75. The molecular weight excluding hydrogens is 360 g/mol. The normalized spacial score (nSPS) is 16.0. The predicted molar refractivity (Wildman–Crippen MR) is 105 cm³/mol. The van der Waals surface area contributed by atoms with E-state index in [0.29, 0.717) is 16.8 Å². The quantitative estimate of drug-likeness (QED) is 0.644. The molecule has 0 aliphatic heterocycles. The fourth-order valence-electron chi connectivity index (χ4n) is 3.48. The molecule has 1 aliphatic rings. The van der Waals surface area contributed by atoms with Gasteiger partial charge in [-0.2, -0.15) is 0 Å². The molecule has 0 spiro atoms. The van der Waals surface area contributed by atoms with Crippen molar-refractivity contribution >= 4 is 22.5 Å². The van der Waals surface area contributed by atoms with Crippen molar-refractivity contribution < 1.29 is 9.21 Å². The van der Waals surface area contributed by atoms with Crippen molar-refractivity contribution in [1.82, 2.24) is 15.5 Å². The third-order valence-corrected chi connectivity index (χ3v) is 5.85. The molecule has 27 heavy (non-hydrogen) atoms. The molecule has 0 saturated heterocycles. The SMILES string of the molecule is O=C(Nc1nnc(C2CCCCC2)s1)NC(c1ccccc1)c1ccco1. The van der Waals surface area contributed by atoms with Gasteiger partial charge in [0, 0.05) is 5.92 Å². The number of nitrogens with one attached hydrogen (secondary N) is 2. The highest BCUT2D eigenvalue weighted by Gasteiger charge is 2.22. The summed E-state index contributed by atoms with van der Waals surface area (Å²) in [6.07, 6.45) is 7.72. The Bertz CT molecular complexity index is 857. The number of carbonyl (C=O) groups excluding carboxylic acids is 1. The summed E-state index contributed by atoms with van der Waals surface area (Å²) in [5.41, 5.74) is 0.947. The Hall–Kier alpha value is -2.67. The first-order valence-corrected chi connectivity index (χ1v) is 10.1. The lowest BCUT2D eigenvalue weighted by Crippen LogP contribution is -2.33. The van der Waals surface area contributed by atoms with E-state index in [4.69, 9.17) is 4.42 Å². The number of carbonyl (C=O) groups is 1. The first-order valence-electron chi connectivity index (χ1n) is 9.29. The molecular formula is C20H22N4O2S. The van der Waals surface area contributed by atoms with E-state index < -0.39 is 0 Å². The van der Waals surface area contributed by atoms with Crippen LogP contribution in [0.5, 0.6) is 0 Å². The standard InChI is InChI=1S/C20H22N4O2S/c25-19(22-20-24-23-18(27-20)15-10-5-2-6-11-15)21-17(16-12-7-13-26-16)14-8-3-1-4-9-14/h1,3-4,7-9,12-13,15,17H,2,5-6,10-11H2,(H2,21,22,24,25). The van der Waals surface area contributed by atoms with Crippen molar-refractivity contribution in [3.63, 3.8) is 0 Å². The van der Waals surface area contributed by atoms with Crippen LogP contribution >= 0.6 is 11.3 Å². The van der Waals surface area contributed by atoms with Crippen molar-refractivity contribution in [2.45, 2.75) is 44.1 Å². The van der Waals surface area contributed by atoms with Gasteiger partial charge in [-0.1, -0.05) is 60.9 Å². The Labute approximate surface area is 162 Å². The molecule has 3 aromatic rings.